The van der Waals surface area contributed by atoms with E-state index in [4.69, 9.17) is 9.84 Å². The Kier molecular flexibility index (Phi) is 2.82. The van der Waals surface area contributed by atoms with Gasteiger partial charge in [0.1, 0.15) is 12.1 Å². The van der Waals surface area contributed by atoms with Gasteiger partial charge >= 0.3 is 5.97 Å². The topological polar surface area (TPSA) is 72.3 Å². The van der Waals surface area contributed by atoms with Crippen molar-refractivity contribution in [1.82, 2.24) is 9.36 Å². The van der Waals surface area contributed by atoms with E-state index in [0.29, 0.717) is 16.5 Å². The van der Waals surface area contributed by atoms with Crippen LogP contribution in [0.2, 0.25) is 0 Å². The quantitative estimate of drug-likeness (QED) is 0.885. The summed E-state index contributed by atoms with van der Waals surface area (Å²) in [6.45, 7) is 1.72. The van der Waals surface area contributed by atoms with Crippen molar-refractivity contribution in [3.05, 3.63) is 35.7 Å². The Labute approximate surface area is 95.5 Å². The molecule has 1 N–H and O–H groups in total. The maximum atomic E-state index is 10.8. The Bertz CT molecular complexity index is 511. The summed E-state index contributed by atoms with van der Waals surface area (Å²) in [5.74, 6) is -0.390. The number of ether oxygens (including phenoxy) is 1. The molecule has 0 fully saturated rings. The Balaban J connectivity index is 2.24. The van der Waals surface area contributed by atoms with Gasteiger partial charge in [-0.15, -0.1) is 0 Å². The number of aryl methyl sites for hydroxylation is 1. The fourth-order valence-corrected chi connectivity index (χ4v) is 1.66. The molecule has 2 rings (SSSR count). The summed E-state index contributed by atoms with van der Waals surface area (Å²) in [5.41, 5.74) is 0.916. The minimum Gasteiger partial charge on any atom is -0.478 e. The van der Waals surface area contributed by atoms with Crippen molar-refractivity contribution in [3.8, 4) is 10.9 Å². The molecule has 0 bridgehead atoms. The van der Waals surface area contributed by atoms with Gasteiger partial charge in [0.25, 0.3) is 5.19 Å². The Morgan fingerprint density at radius 2 is 2.31 bits per heavy atom. The first kappa shape index (κ1) is 10.6. The van der Waals surface area contributed by atoms with Crippen molar-refractivity contribution in [2.45, 2.75) is 6.92 Å². The summed E-state index contributed by atoms with van der Waals surface area (Å²) in [5, 5.41) is 9.28. The van der Waals surface area contributed by atoms with Crippen LogP contribution >= 0.6 is 11.5 Å². The Hall–Kier alpha value is -1.95. The first-order valence-electron chi connectivity index (χ1n) is 4.45. The minimum absolute atomic E-state index is 0.268. The number of aromatic nitrogens is 2. The molecule has 1 aromatic carbocycles. The largest absolute Gasteiger partial charge is 0.478 e. The minimum atomic E-state index is -0.944. The predicted octanol–water partition coefficient (Wildman–Crippen LogP) is 2.34. The Morgan fingerprint density at radius 3 is 2.88 bits per heavy atom. The van der Waals surface area contributed by atoms with Crippen molar-refractivity contribution in [2.75, 3.05) is 0 Å². The number of benzene rings is 1. The molecule has 1 aromatic heterocycles. The summed E-state index contributed by atoms with van der Waals surface area (Å²) >= 11 is 1.13. The van der Waals surface area contributed by atoms with Crippen molar-refractivity contribution in [1.29, 1.82) is 0 Å². The number of carbonyl (C=O) groups is 1. The van der Waals surface area contributed by atoms with Gasteiger partial charge in [-0.2, -0.15) is 9.36 Å². The molecule has 0 amide bonds. The summed E-state index contributed by atoms with van der Waals surface area (Å²) in [4.78, 5) is 14.7. The number of aromatic carboxylic acids is 1. The first-order valence-corrected chi connectivity index (χ1v) is 5.22. The molecule has 0 spiro atoms. The number of rotatable bonds is 3. The molecule has 0 aliphatic heterocycles. The molecule has 0 aliphatic rings. The zero-order valence-corrected chi connectivity index (χ0v) is 9.19. The number of carboxylic acid groups (broad SMARTS) is 1. The van der Waals surface area contributed by atoms with Crippen LogP contribution in [0.1, 0.15) is 15.9 Å². The van der Waals surface area contributed by atoms with Crippen LogP contribution in [0.5, 0.6) is 10.9 Å². The molecule has 0 aliphatic carbocycles. The number of carboxylic acids is 1. The fraction of sp³-hybridized carbons (Fsp3) is 0.100. The molecule has 16 heavy (non-hydrogen) atoms. The summed E-state index contributed by atoms with van der Waals surface area (Å²) in [7, 11) is 0. The highest BCUT2D eigenvalue weighted by Crippen LogP contribution is 2.24. The molecule has 82 valence electrons. The summed E-state index contributed by atoms with van der Waals surface area (Å²) < 4.78 is 9.18. The maximum absolute atomic E-state index is 10.8. The zero-order chi connectivity index (χ0) is 11.5. The molecular weight excluding hydrogens is 228 g/mol. The van der Waals surface area contributed by atoms with Crippen LogP contribution in [0.3, 0.4) is 0 Å². The van der Waals surface area contributed by atoms with E-state index < -0.39 is 5.97 Å². The van der Waals surface area contributed by atoms with E-state index >= 15 is 0 Å². The summed E-state index contributed by atoms with van der Waals surface area (Å²) in [6.07, 6.45) is 1.40. The molecule has 0 unspecified atom stereocenters. The average molecular weight is 236 g/mol. The van der Waals surface area contributed by atoms with Crippen molar-refractivity contribution >= 4 is 17.5 Å². The van der Waals surface area contributed by atoms with Crippen molar-refractivity contribution in [2.24, 2.45) is 0 Å². The number of hydrogen-bond acceptors (Lipinski definition) is 5. The molecular formula is C10H8N2O3S. The molecule has 1 heterocycles. The van der Waals surface area contributed by atoms with Crippen LogP contribution in [0.4, 0.5) is 0 Å². The first-order chi connectivity index (χ1) is 7.66. The van der Waals surface area contributed by atoms with Gasteiger partial charge in [0.05, 0.1) is 5.56 Å². The normalized spacial score (nSPS) is 10.1. The molecule has 0 saturated carbocycles. The second-order valence-electron chi connectivity index (χ2n) is 3.09. The van der Waals surface area contributed by atoms with Crippen LogP contribution in [0.25, 0.3) is 0 Å². The zero-order valence-electron chi connectivity index (χ0n) is 8.38. The van der Waals surface area contributed by atoms with Gasteiger partial charge in [-0.05, 0) is 30.7 Å². The monoisotopic (exact) mass is 236 g/mol. The van der Waals surface area contributed by atoms with Crippen LogP contribution < -0.4 is 4.74 Å². The van der Waals surface area contributed by atoms with Gasteiger partial charge in [-0.1, -0.05) is 0 Å². The maximum Gasteiger partial charge on any atom is 0.335 e. The van der Waals surface area contributed by atoms with E-state index in [1.165, 1.54) is 12.4 Å². The van der Waals surface area contributed by atoms with Gasteiger partial charge in [-0.3, -0.25) is 0 Å². The van der Waals surface area contributed by atoms with Gasteiger partial charge in [-0.25, -0.2) is 4.79 Å². The second-order valence-corrected chi connectivity index (χ2v) is 3.83. The number of hydrogen-bond donors (Lipinski definition) is 1. The van der Waals surface area contributed by atoms with Crippen LogP contribution in [0, 0.1) is 6.92 Å². The highest BCUT2D eigenvalue weighted by atomic mass is 32.1. The number of nitrogens with zero attached hydrogens (tertiary/aromatic N) is 2. The van der Waals surface area contributed by atoms with E-state index in [0.717, 1.165) is 11.5 Å². The lowest BCUT2D eigenvalue weighted by molar-refractivity contribution is 0.0696. The SMILES string of the molecule is Cc1cc(Oc2ncns2)ccc1C(=O)O. The fourth-order valence-electron chi connectivity index (χ4n) is 1.25. The molecule has 2 aromatic rings. The molecule has 5 nitrogen and oxygen atoms in total. The van der Waals surface area contributed by atoms with Crippen LogP contribution in [-0.2, 0) is 0 Å². The lowest BCUT2D eigenvalue weighted by atomic mass is 10.1. The van der Waals surface area contributed by atoms with Crippen molar-refractivity contribution < 1.29 is 14.6 Å². The average Bonchev–Trinajstić information content (AvgIpc) is 2.70. The lowest BCUT2D eigenvalue weighted by Gasteiger charge is -2.04. The van der Waals surface area contributed by atoms with E-state index in [1.54, 1.807) is 19.1 Å². The van der Waals surface area contributed by atoms with Crippen LogP contribution in [0.15, 0.2) is 24.5 Å². The highest BCUT2D eigenvalue weighted by Gasteiger charge is 2.08. The van der Waals surface area contributed by atoms with Crippen LogP contribution in [-0.4, -0.2) is 20.4 Å². The smallest absolute Gasteiger partial charge is 0.335 e. The van der Waals surface area contributed by atoms with E-state index in [9.17, 15) is 4.79 Å². The van der Waals surface area contributed by atoms with Gasteiger partial charge in [0.15, 0.2) is 0 Å². The highest BCUT2D eigenvalue weighted by molar-refractivity contribution is 7.07. The van der Waals surface area contributed by atoms with Gasteiger partial charge < -0.3 is 9.84 Å². The van der Waals surface area contributed by atoms with Gasteiger partial charge in [0, 0.05) is 11.5 Å². The Morgan fingerprint density at radius 1 is 1.50 bits per heavy atom. The third-order valence-electron chi connectivity index (χ3n) is 1.97. The lowest BCUT2D eigenvalue weighted by Crippen LogP contribution is -1.99. The van der Waals surface area contributed by atoms with E-state index in [-0.39, 0.29) is 5.56 Å². The predicted molar refractivity (Wildman–Crippen MR) is 58.1 cm³/mol. The van der Waals surface area contributed by atoms with E-state index in [1.807, 2.05) is 0 Å². The van der Waals surface area contributed by atoms with Crippen molar-refractivity contribution in [3.63, 3.8) is 0 Å². The van der Waals surface area contributed by atoms with Gasteiger partial charge in [0.2, 0.25) is 0 Å². The standard InChI is InChI=1S/C10H8N2O3S/c1-6-4-7(2-3-8(6)9(13)14)15-10-11-5-12-16-10/h2-5H,1H3,(H,13,14). The second kappa shape index (κ2) is 4.28. The third kappa shape index (κ3) is 2.17. The third-order valence-corrected chi connectivity index (χ3v) is 2.52. The molecule has 0 saturated heterocycles. The molecule has 0 atom stereocenters. The summed E-state index contributed by atoms with van der Waals surface area (Å²) in [6, 6.07) is 4.76. The molecule has 0 radical (unpaired) electrons. The molecule has 6 heteroatoms. The van der Waals surface area contributed by atoms with E-state index in [2.05, 4.69) is 9.36 Å².